The number of benzene rings is 3. The summed E-state index contributed by atoms with van der Waals surface area (Å²) in [6, 6.07) is 21.3. The molecule has 5 aromatic rings. The highest BCUT2D eigenvalue weighted by Crippen LogP contribution is 2.25. The predicted octanol–water partition coefficient (Wildman–Crippen LogP) is 6.79. The third kappa shape index (κ3) is 6.45. The van der Waals surface area contributed by atoms with Crippen molar-refractivity contribution in [2.24, 2.45) is 10.9 Å². The minimum atomic E-state index is -0.390. The van der Waals surface area contributed by atoms with Gasteiger partial charge in [0.05, 0.1) is 36.2 Å². The van der Waals surface area contributed by atoms with Crippen molar-refractivity contribution >= 4 is 17.3 Å². The lowest BCUT2D eigenvalue weighted by atomic mass is 9.99. The van der Waals surface area contributed by atoms with E-state index in [1.165, 1.54) is 17.7 Å². The van der Waals surface area contributed by atoms with Crippen molar-refractivity contribution in [2.75, 3.05) is 0 Å². The van der Waals surface area contributed by atoms with E-state index in [1.54, 1.807) is 39.9 Å². The molecule has 2 aromatic heterocycles. The number of ether oxygens (including phenoxy) is 1. The van der Waals surface area contributed by atoms with Gasteiger partial charge in [-0.25, -0.2) is 9.37 Å². The van der Waals surface area contributed by atoms with Crippen LogP contribution in [0.25, 0.3) is 5.69 Å². The highest BCUT2D eigenvalue weighted by molar-refractivity contribution is 6.30. The van der Waals surface area contributed by atoms with Gasteiger partial charge in [-0.15, -0.1) is 0 Å². The zero-order chi connectivity index (χ0) is 30.7. The Hall–Kier alpha value is -4.53. The maximum Gasteiger partial charge on any atom is 0.260 e. The number of halogens is 2. The highest BCUT2D eigenvalue weighted by atomic mass is 35.5. The molecule has 0 fully saturated rings. The Labute approximate surface area is 255 Å². The summed E-state index contributed by atoms with van der Waals surface area (Å²) in [5, 5.41) is 4.61. The Bertz CT molecular complexity index is 1840. The first kappa shape index (κ1) is 29.9. The second-order valence-corrected chi connectivity index (χ2v) is 11.0. The topological polar surface area (TPSA) is 87.4 Å². The second-order valence-electron chi connectivity index (χ2n) is 10.7. The molecular formula is C34H33ClFN5O2. The molecule has 3 aromatic carbocycles. The Morgan fingerprint density at radius 3 is 2.33 bits per heavy atom. The number of pyridine rings is 1. The van der Waals surface area contributed by atoms with Crippen molar-refractivity contribution in [1.29, 1.82) is 0 Å². The molecule has 0 unspecified atom stereocenters. The van der Waals surface area contributed by atoms with Gasteiger partial charge >= 0.3 is 0 Å². The summed E-state index contributed by atoms with van der Waals surface area (Å²) >= 11 is 6.45. The molecule has 5 rings (SSSR count). The molecule has 2 heterocycles. The lowest BCUT2D eigenvalue weighted by molar-refractivity contribution is 0.106. The van der Waals surface area contributed by atoms with Gasteiger partial charge < -0.3 is 15.1 Å². The molecule has 0 aliphatic heterocycles. The zero-order valence-electron chi connectivity index (χ0n) is 24.5. The maximum atomic E-state index is 14.0. The highest BCUT2D eigenvalue weighted by Gasteiger charge is 2.20. The van der Waals surface area contributed by atoms with Crippen molar-refractivity contribution in [3.05, 3.63) is 151 Å². The molecule has 0 spiro atoms. The minimum Gasteiger partial charge on any atom is -0.372 e. The summed E-state index contributed by atoms with van der Waals surface area (Å²) in [4.78, 5) is 18.3. The smallest absolute Gasteiger partial charge is 0.260 e. The number of nitrogens with two attached hydrogens (primary N) is 1. The standard InChI is InChI=1S/C34H33ClFN5O2/c1-21-5-7-25(8-6-21)18-43-19-26-16-30(34(42)40(17-26)24(4)27-9-12-29(36)13-10-27)32(39-37)28-11-14-31(22(2)15-28)41-20-38-23(3)33(41)35/h5-17,20,24H,18-19,37H2,1-4H3/b39-32+/t24-/m0/s1. The summed E-state index contributed by atoms with van der Waals surface area (Å²) in [6.45, 7) is 8.39. The number of rotatable bonds is 9. The number of imidazole rings is 1. The number of hydrogen-bond acceptors (Lipinski definition) is 5. The van der Waals surface area contributed by atoms with E-state index in [-0.39, 0.29) is 18.0 Å². The zero-order valence-corrected chi connectivity index (χ0v) is 25.3. The quantitative estimate of drug-likeness (QED) is 0.115. The molecule has 1 atom stereocenters. The number of hydrogen-bond donors (Lipinski definition) is 1. The lowest BCUT2D eigenvalue weighted by Crippen LogP contribution is -2.30. The van der Waals surface area contributed by atoms with Crippen LogP contribution in [0, 0.1) is 26.6 Å². The third-order valence-corrected chi connectivity index (χ3v) is 7.97. The molecule has 220 valence electrons. The molecule has 0 saturated carbocycles. The minimum absolute atomic E-state index is 0.256. The van der Waals surface area contributed by atoms with E-state index in [2.05, 4.69) is 10.1 Å². The van der Waals surface area contributed by atoms with E-state index < -0.39 is 6.04 Å². The van der Waals surface area contributed by atoms with E-state index in [4.69, 9.17) is 22.2 Å². The van der Waals surface area contributed by atoms with E-state index in [0.29, 0.717) is 28.6 Å². The fourth-order valence-electron chi connectivity index (χ4n) is 5.03. The van der Waals surface area contributed by atoms with Crippen molar-refractivity contribution < 1.29 is 9.13 Å². The summed E-state index contributed by atoms with van der Waals surface area (Å²) in [5.41, 5.74) is 7.32. The van der Waals surface area contributed by atoms with Crippen molar-refractivity contribution in [2.45, 2.75) is 47.0 Å². The van der Waals surface area contributed by atoms with Gasteiger partial charge in [0.25, 0.3) is 5.56 Å². The Morgan fingerprint density at radius 1 is 1.00 bits per heavy atom. The second kappa shape index (κ2) is 12.8. The Kier molecular flexibility index (Phi) is 8.89. The van der Waals surface area contributed by atoms with E-state index in [1.807, 2.05) is 70.2 Å². The molecular weight excluding hydrogens is 565 g/mol. The van der Waals surface area contributed by atoms with Gasteiger partial charge in [0.2, 0.25) is 0 Å². The van der Waals surface area contributed by atoms with Crippen molar-refractivity contribution in [3.8, 4) is 5.69 Å². The van der Waals surface area contributed by atoms with Crippen LogP contribution in [0.5, 0.6) is 0 Å². The summed E-state index contributed by atoms with van der Waals surface area (Å²) in [7, 11) is 0. The lowest BCUT2D eigenvalue weighted by Gasteiger charge is -2.20. The number of aromatic nitrogens is 3. The molecule has 7 nitrogen and oxygen atoms in total. The molecule has 9 heteroatoms. The van der Waals surface area contributed by atoms with Crippen molar-refractivity contribution in [1.82, 2.24) is 14.1 Å². The van der Waals surface area contributed by atoms with Crippen LogP contribution in [-0.2, 0) is 18.0 Å². The molecule has 0 bridgehead atoms. The summed E-state index contributed by atoms with van der Waals surface area (Å²) in [5.74, 6) is 5.61. The average molecular weight is 598 g/mol. The number of hydrazone groups is 1. The van der Waals surface area contributed by atoms with Crippen LogP contribution in [-0.4, -0.2) is 19.8 Å². The van der Waals surface area contributed by atoms with Crippen LogP contribution < -0.4 is 11.4 Å². The van der Waals surface area contributed by atoms with Gasteiger partial charge in [-0.2, -0.15) is 5.10 Å². The molecule has 0 aliphatic rings. The summed E-state index contributed by atoms with van der Waals surface area (Å²) in [6.07, 6.45) is 3.45. The molecule has 43 heavy (non-hydrogen) atoms. The van der Waals surface area contributed by atoms with E-state index >= 15 is 0 Å². The van der Waals surface area contributed by atoms with Crippen LogP contribution in [0.1, 0.15) is 57.6 Å². The molecule has 0 aliphatic carbocycles. The van der Waals surface area contributed by atoms with Gasteiger partial charge in [0.1, 0.15) is 23.0 Å². The monoisotopic (exact) mass is 597 g/mol. The van der Waals surface area contributed by atoms with Gasteiger partial charge in [-0.3, -0.25) is 9.36 Å². The summed E-state index contributed by atoms with van der Waals surface area (Å²) < 4.78 is 23.1. The van der Waals surface area contributed by atoms with Crippen LogP contribution in [0.3, 0.4) is 0 Å². The number of nitrogens with zero attached hydrogens (tertiary/aromatic N) is 4. The third-order valence-electron chi connectivity index (χ3n) is 7.52. The van der Waals surface area contributed by atoms with Crippen molar-refractivity contribution in [3.63, 3.8) is 0 Å². The van der Waals surface area contributed by atoms with Gasteiger partial charge in [0, 0.05) is 11.8 Å². The Balaban J connectivity index is 1.54. The predicted molar refractivity (Wildman–Crippen MR) is 168 cm³/mol. The molecule has 0 radical (unpaired) electrons. The molecule has 0 amide bonds. The van der Waals surface area contributed by atoms with Crippen LogP contribution in [0.15, 0.2) is 95.2 Å². The largest absolute Gasteiger partial charge is 0.372 e. The molecule has 2 N–H and O–H groups in total. The van der Waals surface area contributed by atoms with Gasteiger partial charge in [-0.1, -0.05) is 59.6 Å². The van der Waals surface area contributed by atoms with Crippen LogP contribution in [0.4, 0.5) is 4.39 Å². The first-order valence-corrected chi connectivity index (χ1v) is 14.3. The van der Waals surface area contributed by atoms with Crippen LogP contribution >= 0.6 is 11.6 Å². The first-order chi connectivity index (χ1) is 20.7. The maximum absolute atomic E-state index is 14.0. The van der Waals surface area contributed by atoms with Gasteiger partial charge in [-0.05, 0) is 80.3 Å². The van der Waals surface area contributed by atoms with E-state index in [0.717, 1.165) is 33.6 Å². The SMILES string of the molecule is Cc1ccc(COCc2cc(/C(=N/N)c3ccc(-n4cnc(C)c4Cl)c(C)c3)c(=O)n([C@@H](C)c3ccc(F)cc3)c2)cc1. The fraction of sp³-hybridized carbons (Fsp3) is 0.206. The normalized spacial score (nSPS) is 12.5. The van der Waals surface area contributed by atoms with Gasteiger partial charge in [0.15, 0.2) is 0 Å². The first-order valence-electron chi connectivity index (χ1n) is 13.9. The Morgan fingerprint density at radius 2 is 1.70 bits per heavy atom. The average Bonchev–Trinajstić information content (AvgIpc) is 3.33. The van der Waals surface area contributed by atoms with Crippen LogP contribution in [0.2, 0.25) is 5.15 Å². The van der Waals surface area contributed by atoms with E-state index in [9.17, 15) is 9.18 Å². The number of aryl methyl sites for hydroxylation is 3. The molecule has 0 saturated heterocycles. The fourth-order valence-corrected chi connectivity index (χ4v) is 5.22.